The molecule has 0 N–H and O–H groups in total. The van der Waals surface area contributed by atoms with Gasteiger partial charge in [0.2, 0.25) is 0 Å². The van der Waals surface area contributed by atoms with Gasteiger partial charge in [-0.3, -0.25) is 0 Å². The normalized spacial score (nSPS) is 15.3. The van der Waals surface area contributed by atoms with Crippen LogP contribution in [0.3, 0.4) is 0 Å². The van der Waals surface area contributed by atoms with Crippen molar-refractivity contribution in [3.63, 3.8) is 0 Å². The Balaban J connectivity index is 1.84. The highest BCUT2D eigenvalue weighted by Crippen LogP contribution is 2.21. The van der Waals surface area contributed by atoms with Crippen LogP contribution in [0.15, 0.2) is 30.3 Å². The molecule has 0 bridgehead atoms. The van der Waals surface area contributed by atoms with E-state index in [9.17, 15) is 5.26 Å². The number of likely N-dealkylation sites (tertiary alicyclic amines) is 1. The van der Waals surface area contributed by atoms with Crippen LogP contribution < -0.4 is 0 Å². The minimum absolute atomic E-state index is 0.401. The van der Waals surface area contributed by atoms with E-state index in [4.69, 9.17) is 0 Å². The Morgan fingerprint density at radius 1 is 1.10 bits per heavy atom. The third-order valence-electron chi connectivity index (χ3n) is 3.71. The third-order valence-corrected chi connectivity index (χ3v) is 3.71. The zero-order valence-electron chi connectivity index (χ0n) is 11.4. The van der Waals surface area contributed by atoms with Crippen molar-refractivity contribution < 1.29 is 0 Å². The van der Waals surface area contributed by atoms with Gasteiger partial charge in [-0.05, 0) is 25.9 Å². The van der Waals surface area contributed by atoms with E-state index in [0.29, 0.717) is 5.69 Å². The van der Waals surface area contributed by atoms with Crippen molar-refractivity contribution in [2.24, 2.45) is 0 Å². The molecule has 0 spiro atoms. The summed E-state index contributed by atoms with van der Waals surface area (Å²) < 4.78 is 1.85. The van der Waals surface area contributed by atoms with Crippen molar-refractivity contribution in [3.8, 4) is 17.3 Å². The maximum Gasteiger partial charge on any atom is 0.190 e. The first kappa shape index (κ1) is 12.8. The molecule has 0 atom stereocenters. The van der Waals surface area contributed by atoms with E-state index < -0.39 is 0 Å². The maximum atomic E-state index is 9.20. The molecule has 102 valence electrons. The van der Waals surface area contributed by atoms with E-state index in [1.165, 1.54) is 25.9 Å². The van der Waals surface area contributed by atoms with Gasteiger partial charge >= 0.3 is 0 Å². The molecule has 1 fully saturated rings. The van der Waals surface area contributed by atoms with Crippen molar-refractivity contribution >= 4 is 0 Å². The minimum Gasteiger partial charge on any atom is -0.301 e. The lowest BCUT2D eigenvalue weighted by atomic mass is 10.1. The third kappa shape index (κ3) is 2.56. The summed E-state index contributed by atoms with van der Waals surface area (Å²) in [7, 11) is 0. The summed E-state index contributed by atoms with van der Waals surface area (Å²) in [6.07, 6.45) is 2.57. The summed E-state index contributed by atoms with van der Waals surface area (Å²) in [5.41, 5.74) is 2.22. The van der Waals surface area contributed by atoms with E-state index in [0.717, 1.165) is 24.3 Å². The second-order valence-electron chi connectivity index (χ2n) is 5.04. The van der Waals surface area contributed by atoms with Gasteiger partial charge in [0.15, 0.2) is 5.69 Å². The Kier molecular flexibility index (Phi) is 3.75. The highest BCUT2D eigenvalue weighted by atomic mass is 15.4. The molecule has 1 saturated heterocycles. The summed E-state index contributed by atoms with van der Waals surface area (Å²) in [5, 5.41) is 17.3. The second-order valence-corrected chi connectivity index (χ2v) is 5.04. The first-order valence-corrected chi connectivity index (χ1v) is 7.00. The van der Waals surface area contributed by atoms with Crippen molar-refractivity contribution in [2.45, 2.75) is 19.4 Å². The molecule has 5 nitrogen and oxygen atoms in total. The van der Waals surface area contributed by atoms with E-state index >= 15 is 0 Å². The topological polar surface area (TPSA) is 57.7 Å². The van der Waals surface area contributed by atoms with E-state index in [-0.39, 0.29) is 0 Å². The molecule has 5 heteroatoms. The van der Waals surface area contributed by atoms with Crippen LogP contribution in [0.2, 0.25) is 0 Å². The fourth-order valence-corrected chi connectivity index (χ4v) is 2.67. The van der Waals surface area contributed by atoms with Gasteiger partial charge in [-0.1, -0.05) is 35.5 Å². The summed E-state index contributed by atoms with van der Waals surface area (Å²) in [6.45, 7) is 4.08. The van der Waals surface area contributed by atoms with Crippen LogP contribution in [0.4, 0.5) is 0 Å². The lowest BCUT2D eigenvalue weighted by molar-refractivity contribution is 0.315. The fraction of sp³-hybridized carbons (Fsp3) is 0.400. The summed E-state index contributed by atoms with van der Waals surface area (Å²) in [5.74, 6) is 0. The molecule has 0 saturated carbocycles. The zero-order valence-corrected chi connectivity index (χ0v) is 11.4. The maximum absolute atomic E-state index is 9.20. The molecule has 0 aliphatic carbocycles. The van der Waals surface area contributed by atoms with Crippen molar-refractivity contribution in [2.75, 3.05) is 19.6 Å². The predicted molar refractivity (Wildman–Crippen MR) is 75.8 cm³/mol. The van der Waals surface area contributed by atoms with E-state index in [1.54, 1.807) is 0 Å². The number of hydrogen-bond acceptors (Lipinski definition) is 4. The van der Waals surface area contributed by atoms with Gasteiger partial charge < -0.3 is 4.90 Å². The summed E-state index contributed by atoms with van der Waals surface area (Å²) in [4.78, 5) is 2.43. The van der Waals surface area contributed by atoms with Gasteiger partial charge in [0.1, 0.15) is 11.8 Å². The number of hydrogen-bond donors (Lipinski definition) is 0. The van der Waals surface area contributed by atoms with Crippen LogP contribution >= 0.6 is 0 Å². The van der Waals surface area contributed by atoms with E-state index in [1.807, 2.05) is 35.0 Å². The Bertz CT molecular complexity index is 605. The van der Waals surface area contributed by atoms with Gasteiger partial charge in [-0.2, -0.15) is 5.26 Å². The first-order valence-electron chi connectivity index (χ1n) is 7.00. The highest BCUT2D eigenvalue weighted by molar-refractivity contribution is 5.64. The van der Waals surface area contributed by atoms with Gasteiger partial charge in [0, 0.05) is 12.1 Å². The largest absolute Gasteiger partial charge is 0.301 e. The SMILES string of the molecule is N#Cc1nnn(CCN2CCCC2)c1-c1ccccc1. The predicted octanol–water partition coefficient (Wildman–Crippen LogP) is 1.91. The van der Waals surface area contributed by atoms with Crippen LogP contribution in [-0.2, 0) is 6.54 Å². The standard InChI is InChI=1S/C15H17N5/c16-12-14-15(13-6-2-1-3-7-13)20(18-17-14)11-10-19-8-4-5-9-19/h1-3,6-7H,4-5,8-11H2. The molecule has 0 unspecified atom stereocenters. The van der Waals surface area contributed by atoms with Crippen LogP contribution in [0.25, 0.3) is 11.3 Å². The highest BCUT2D eigenvalue weighted by Gasteiger charge is 2.16. The lowest BCUT2D eigenvalue weighted by Gasteiger charge is -2.15. The molecular formula is C15H17N5. The number of rotatable bonds is 4. The molecule has 20 heavy (non-hydrogen) atoms. The van der Waals surface area contributed by atoms with Gasteiger partial charge in [-0.15, -0.1) is 5.10 Å². The molecule has 3 rings (SSSR count). The zero-order chi connectivity index (χ0) is 13.8. The molecule has 1 aliphatic heterocycles. The smallest absolute Gasteiger partial charge is 0.190 e. The number of nitriles is 1. The van der Waals surface area contributed by atoms with Crippen LogP contribution in [-0.4, -0.2) is 39.5 Å². The first-order chi connectivity index (χ1) is 9.88. The summed E-state index contributed by atoms with van der Waals surface area (Å²) in [6, 6.07) is 12.0. The number of benzene rings is 1. The quantitative estimate of drug-likeness (QED) is 0.849. The molecule has 0 amide bonds. The second kappa shape index (κ2) is 5.85. The molecule has 0 radical (unpaired) electrons. The molecule has 1 aromatic heterocycles. The summed E-state index contributed by atoms with van der Waals surface area (Å²) >= 11 is 0. The number of nitrogens with zero attached hydrogens (tertiary/aromatic N) is 5. The van der Waals surface area contributed by atoms with Crippen molar-refractivity contribution in [3.05, 3.63) is 36.0 Å². The van der Waals surface area contributed by atoms with Crippen molar-refractivity contribution in [1.82, 2.24) is 19.9 Å². The minimum atomic E-state index is 0.401. The van der Waals surface area contributed by atoms with Crippen molar-refractivity contribution in [1.29, 1.82) is 5.26 Å². The molecular weight excluding hydrogens is 250 g/mol. The van der Waals surface area contributed by atoms with Gasteiger partial charge in [0.05, 0.1) is 6.54 Å². The molecule has 2 heterocycles. The molecule has 2 aromatic rings. The molecule has 1 aliphatic rings. The van der Waals surface area contributed by atoms with Crippen LogP contribution in [0.5, 0.6) is 0 Å². The monoisotopic (exact) mass is 267 g/mol. The fourth-order valence-electron chi connectivity index (χ4n) is 2.67. The van der Waals surface area contributed by atoms with E-state index in [2.05, 4.69) is 21.3 Å². The Labute approximate surface area is 118 Å². The Morgan fingerprint density at radius 2 is 1.85 bits per heavy atom. The average Bonchev–Trinajstić information content (AvgIpc) is 3.15. The average molecular weight is 267 g/mol. The Morgan fingerprint density at radius 3 is 2.55 bits per heavy atom. The van der Waals surface area contributed by atoms with Gasteiger partial charge in [0.25, 0.3) is 0 Å². The lowest BCUT2D eigenvalue weighted by Crippen LogP contribution is -2.24. The molecule has 1 aromatic carbocycles. The number of aromatic nitrogens is 3. The van der Waals surface area contributed by atoms with Crippen LogP contribution in [0.1, 0.15) is 18.5 Å². The van der Waals surface area contributed by atoms with Crippen LogP contribution in [0, 0.1) is 11.3 Å². The Hall–Kier alpha value is -2.19. The van der Waals surface area contributed by atoms with Gasteiger partial charge in [-0.25, -0.2) is 4.68 Å².